The monoisotopic (exact) mass is 469 g/mol. The molecule has 7 heteroatoms. The largest absolute Gasteiger partial charge is 0.473 e. The predicted molar refractivity (Wildman–Crippen MR) is 141 cm³/mol. The van der Waals surface area contributed by atoms with Crippen LogP contribution in [-0.4, -0.2) is 30.8 Å². The van der Waals surface area contributed by atoms with Gasteiger partial charge in [0.15, 0.2) is 0 Å². The zero-order chi connectivity index (χ0) is 24.8. The number of fused-ring (bicyclic) bond motifs is 3. The van der Waals surface area contributed by atoms with Gasteiger partial charge in [0.2, 0.25) is 11.4 Å². The van der Waals surface area contributed by atoms with Crippen molar-refractivity contribution in [2.24, 2.45) is 7.05 Å². The van der Waals surface area contributed by atoms with Crippen molar-refractivity contribution in [3.63, 3.8) is 0 Å². The molecule has 0 saturated heterocycles. The van der Waals surface area contributed by atoms with E-state index in [9.17, 15) is 4.79 Å². The Morgan fingerprint density at radius 3 is 2.40 bits per heavy atom. The molecular formula is C28H31N5O2. The Bertz CT molecular complexity index is 1450. The van der Waals surface area contributed by atoms with Crippen molar-refractivity contribution in [1.29, 1.82) is 0 Å². The SMILES string of the molecule is CC.Cc1ccc(OC2CCC2)nn1.Cn1c2ccncc2c2ccc(-c3ccc(=O)[nH]c3)cc21. The molecule has 35 heavy (non-hydrogen) atoms. The van der Waals surface area contributed by atoms with Gasteiger partial charge in [0, 0.05) is 54.1 Å². The highest BCUT2D eigenvalue weighted by atomic mass is 16.5. The first-order valence-corrected chi connectivity index (χ1v) is 12.1. The molecule has 0 radical (unpaired) electrons. The molecule has 0 amide bonds. The van der Waals surface area contributed by atoms with E-state index in [4.69, 9.17) is 4.74 Å². The van der Waals surface area contributed by atoms with Gasteiger partial charge in [-0.3, -0.25) is 9.78 Å². The third-order valence-electron chi connectivity index (χ3n) is 6.04. The Morgan fingerprint density at radius 1 is 0.943 bits per heavy atom. The summed E-state index contributed by atoms with van der Waals surface area (Å²) in [5, 5.41) is 10.2. The minimum absolute atomic E-state index is 0.0875. The molecule has 4 aromatic heterocycles. The van der Waals surface area contributed by atoms with Gasteiger partial charge in [0.1, 0.15) is 6.10 Å². The van der Waals surface area contributed by atoms with Crippen LogP contribution in [0.25, 0.3) is 32.9 Å². The molecule has 0 aliphatic heterocycles. The van der Waals surface area contributed by atoms with Crippen molar-refractivity contribution in [1.82, 2.24) is 24.7 Å². The second-order valence-corrected chi connectivity index (χ2v) is 8.31. The molecule has 6 rings (SSSR count). The van der Waals surface area contributed by atoms with Gasteiger partial charge in [-0.2, -0.15) is 5.10 Å². The molecule has 4 heterocycles. The van der Waals surface area contributed by atoms with Gasteiger partial charge in [-0.1, -0.05) is 26.0 Å². The topological polar surface area (TPSA) is 85.7 Å². The summed E-state index contributed by atoms with van der Waals surface area (Å²) in [4.78, 5) is 18.1. The second kappa shape index (κ2) is 11.0. The van der Waals surface area contributed by atoms with Crippen LogP contribution in [0, 0.1) is 6.92 Å². The fourth-order valence-electron chi connectivity index (χ4n) is 3.93. The highest BCUT2D eigenvalue weighted by Crippen LogP contribution is 2.30. The lowest BCUT2D eigenvalue weighted by molar-refractivity contribution is 0.113. The number of ether oxygens (including phenoxy) is 1. The first-order valence-electron chi connectivity index (χ1n) is 12.1. The smallest absolute Gasteiger partial charge is 0.247 e. The van der Waals surface area contributed by atoms with Gasteiger partial charge >= 0.3 is 0 Å². The van der Waals surface area contributed by atoms with Crippen molar-refractivity contribution in [3.8, 4) is 17.0 Å². The Kier molecular flexibility index (Phi) is 7.55. The van der Waals surface area contributed by atoms with Gasteiger partial charge in [-0.05, 0) is 61.6 Å². The van der Waals surface area contributed by atoms with Crippen molar-refractivity contribution in [2.75, 3.05) is 0 Å². The molecule has 180 valence electrons. The summed E-state index contributed by atoms with van der Waals surface area (Å²) in [6.45, 7) is 5.92. The fraction of sp³-hybridized carbons (Fsp3) is 0.286. The van der Waals surface area contributed by atoms with E-state index in [0.717, 1.165) is 40.6 Å². The Labute approximate surface area is 204 Å². The van der Waals surface area contributed by atoms with E-state index in [-0.39, 0.29) is 5.56 Å². The zero-order valence-electron chi connectivity index (χ0n) is 20.7. The van der Waals surface area contributed by atoms with Gasteiger partial charge in [-0.15, -0.1) is 5.10 Å². The number of aryl methyl sites for hydroxylation is 2. The summed E-state index contributed by atoms with van der Waals surface area (Å²) < 4.78 is 7.70. The quantitative estimate of drug-likeness (QED) is 0.360. The van der Waals surface area contributed by atoms with Gasteiger partial charge < -0.3 is 14.3 Å². The van der Waals surface area contributed by atoms with Crippen LogP contribution in [0.2, 0.25) is 0 Å². The van der Waals surface area contributed by atoms with Crippen molar-refractivity contribution in [2.45, 2.75) is 46.1 Å². The number of nitrogens with one attached hydrogen (secondary N) is 1. The lowest BCUT2D eigenvalue weighted by Gasteiger charge is -2.25. The van der Waals surface area contributed by atoms with Gasteiger partial charge in [0.25, 0.3) is 0 Å². The van der Waals surface area contributed by atoms with Crippen LogP contribution in [0.1, 0.15) is 38.8 Å². The van der Waals surface area contributed by atoms with Crippen LogP contribution in [0.3, 0.4) is 0 Å². The Morgan fingerprint density at radius 2 is 1.74 bits per heavy atom. The molecule has 1 N–H and O–H groups in total. The molecule has 1 saturated carbocycles. The summed E-state index contributed by atoms with van der Waals surface area (Å²) in [5.74, 6) is 0.658. The normalized spacial score (nSPS) is 12.8. The lowest BCUT2D eigenvalue weighted by atomic mass is 9.96. The minimum Gasteiger partial charge on any atom is -0.473 e. The number of pyridine rings is 2. The summed E-state index contributed by atoms with van der Waals surface area (Å²) in [6.07, 6.45) is 9.45. The highest BCUT2D eigenvalue weighted by Gasteiger charge is 2.19. The van der Waals surface area contributed by atoms with E-state index in [0.29, 0.717) is 12.0 Å². The zero-order valence-corrected chi connectivity index (χ0v) is 20.7. The van der Waals surface area contributed by atoms with E-state index in [1.807, 2.05) is 57.4 Å². The fourth-order valence-corrected chi connectivity index (χ4v) is 3.93. The first kappa shape index (κ1) is 24.1. The van der Waals surface area contributed by atoms with Crippen LogP contribution in [0.5, 0.6) is 5.88 Å². The summed E-state index contributed by atoms with van der Waals surface area (Å²) in [7, 11) is 2.06. The molecule has 7 nitrogen and oxygen atoms in total. The average molecular weight is 470 g/mol. The number of hydrogen-bond acceptors (Lipinski definition) is 5. The Hall–Kier alpha value is -4.00. The summed E-state index contributed by atoms with van der Waals surface area (Å²) >= 11 is 0. The number of aromatic amines is 1. The van der Waals surface area contributed by atoms with E-state index in [1.54, 1.807) is 12.3 Å². The number of nitrogens with zero attached hydrogens (tertiary/aromatic N) is 4. The second-order valence-electron chi connectivity index (χ2n) is 8.31. The van der Waals surface area contributed by atoms with Crippen LogP contribution >= 0.6 is 0 Å². The molecular weight excluding hydrogens is 438 g/mol. The maximum Gasteiger partial charge on any atom is 0.247 e. The lowest BCUT2D eigenvalue weighted by Crippen LogP contribution is -2.25. The van der Waals surface area contributed by atoms with Gasteiger partial charge in [0.05, 0.1) is 11.2 Å². The number of aromatic nitrogens is 5. The van der Waals surface area contributed by atoms with Crippen molar-refractivity contribution < 1.29 is 4.74 Å². The minimum atomic E-state index is -0.0875. The first-order chi connectivity index (χ1) is 17.1. The molecule has 5 aromatic rings. The summed E-state index contributed by atoms with van der Waals surface area (Å²) in [6, 6.07) is 15.5. The van der Waals surface area contributed by atoms with Crippen LogP contribution < -0.4 is 10.3 Å². The number of hydrogen-bond donors (Lipinski definition) is 1. The van der Waals surface area contributed by atoms with Crippen LogP contribution in [0.15, 0.2) is 71.9 Å². The number of H-pyrrole nitrogens is 1. The molecule has 1 aliphatic rings. The maximum atomic E-state index is 11.2. The molecule has 1 aliphatic carbocycles. The third kappa shape index (κ3) is 5.40. The van der Waals surface area contributed by atoms with E-state index >= 15 is 0 Å². The number of rotatable bonds is 3. The molecule has 1 aromatic carbocycles. The predicted octanol–water partition coefficient (Wildman–Crippen LogP) is 5.82. The molecule has 0 bridgehead atoms. The summed E-state index contributed by atoms with van der Waals surface area (Å²) in [5.41, 5.74) is 5.24. The molecule has 0 unspecified atom stereocenters. The maximum absolute atomic E-state index is 11.2. The van der Waals surface area contributed by atoms with Gasteiger partial charge in [-0.25, -0.2) is 0 Å². The van der Waals surface area contributed by atoms with Crippen LogP contribution in [-0.2, 0) is 7.05 Å². The average Bonchev–Trinajstić information content (AvgIpc) is 3.16. The highest BCUT2D eigenvalue weighted by molar-refractivity contribution is 6.08. The van der Waals surface area contributed by atoms with E-state index < -0.39 is 0 Å². The Balaban J connectivity index is 0.000000176. The van der Waals surface area contributed by atoms with E-state index in [1.165, 1.54) is 17.3 Å². The van der Waals surface area contributed by atoms with E-state index in [2.05, 4.69) is 50.0 Å². The molecule has 0 atom stereocenters. The molecule has 0 spiro atoms. The van der Waals surface area contributed by atoms with Crippen molar-refractivity contribution in [3.05, 3.63) is 83.2 Å². The van der Waals surface area contributed by atoms with Crippen LogP contribution in [0.4, 0.5) is 0 Å². The molecule has 1 fully saturated rings. The third-order valence-corrected chi connectivity index (χ3v) is 6.04. The van der Waals surface area contributed by atoms with Crippen molar-refractivity contribution >= 4 is 21.8 Å². The standard InChI is InChI=1S/C17H13N3O.C9H12N2O.C2H6/c1-20-15-6-7-18-10-14(15)13-4-2-11(8-16(13)20)12-3-5-17(21)19-9-12;1-7-5-6-9(11-10-7)12-8-3-2-4-8;1-2/h2-10H,1H3,(H,19,21);5-6,8H,2-4H2,1H3;1-2H3. The number of benzene rings is 1.